The summed E-state index contributed by atoms with van der Waals surface area (Å²) in [5, 5.41) is 10.4. The molecule has 0 fully saturated rings. The summed E-state index contributed by atoms with van der Waals surface area (Å²) in [4.78, 5) is 11.3. The number of hydrogen-bond acceptors (Lipinski definition) is 3. The predicted octanol–water partition coefficient (Wildman–Crippen LogP) is 2.40. The van der Waals surface area contributed by atoms with Crippen molar-refractivity contribution in [2.24, 2.45) is 0 Å². The summed E-state index contributed by atoms with van der Waals surface area (Å²) in [6, 6.07) is 9.18. The van der Waals surface area contributed by atoms with Gasteiger partial charge in [-0.1, -0.05) is 43.0 Å². The molecule has 3 heteroatoms. The molecule has 0 aliphatic carbocycles. The smallest absolute Gasteiger partial charge is 0.305 e. The third kappa shape index (κ3) is 3.71. The Labute approximate surface area is 102 Å². The van der Waals surface area contributed by atoms with E-state index in [1.54, 1.807) is 6.92 Å². The number of aliphatic hydroxyl groups is 1. The average molecular weight is 234 g/mol. The van der Waals surface area contributed by atoms with Crippen molar-refractivity contribution in [1.29, 1.82) is 0 Å². The van der Waals surface area contributed by atoms with Crippen LogP contribution in [0.5, 0.6) is 0 Å². The molecule has 1 N–H and O–H groups in total. The normalized spacial score (nSPS) is 13.8. The molecule has 1 rings (SSSR count). The Morgan fingerprint density at radius 2 is 2.12 bits per heavy atom. The van der Waals surface area contributed by atoms with Crippen LogP contribution in [0.3, 0.4) is 0 Å². The average Bonchev–Trinajstić information content (AvgIpc) is 2.37. The van der Waals surface area contributed by atoms with Gasteiger partial charge < -0.3 is 9.84 Å². The Morgan fingerprint density at radius 1 is 1.47 bits per heavy atom. The molecule has 0 saturated carbocycles. The zero-order chi connectivity index (χ0) is 12.7. The zero-order valence-corrected chi connectivity index (χ0v) is 10.1. The van der Waals surface area contributed by atoms with Crippen LogP contribution in [-0.2, 0) is 15.1 Å². The Balaban J connectivity index is 2.70. The molecule has 17 heavy (non-hydrogen) atoms. The molecule has 0 radical (unpaired) electrons. The predicted molar refractivity (Wildman–Crippen MR) is 66.4 cm³/mol. The second kappa shape index (κ2) is 6.21. The Morgan fingerprint density at radius 3 is 2.65 bits per heavy atom. The van der Waals surface area contributed by atoms with Crippen molar-refractivity contribution < 1.29 is 14.6 Å². The summed E-state index contributed by atoms with van der Waals surface area (Å²) in [5.41, 5.74) is -0.437. The standard InChI is InChI=1S/C14H18O3/c1-3-14(16,11-10-13(15)17-4-2)12-8-6-5-7-9-12/h3,5-9,16H,1,4,10-11H2,2H3. The topological polar surface area (TPSA) is 46.5 Å². The fourth-order valence-corrected chi connectivity index (χ4v) is 1.62. The summed E-state index contributed by atoms with van der Waals surface area (Å²) in [6.07, 6.45) is 1.91. The van der Waals surface area contributed by atoms with Crippen molar-refractivity contribution in [3.63, 3.8) is 0 Å². The van der Waals surface area contributed by atoms with E-state index in [1.807, 2.05) is 30.3 Å². The molecule has 0 bridgehead atoms. The van der Waals surface area contributed by atoms with Gasteiger partial charge in [-0.3, -0.25) is 4.79 Å². The first-order valence-corrected chi connectivity index (χ1v) is 5.69. The van der Waals surface area contributed by atoms with Crippen molar-refractivity contribution >= 4 is 5.97 Å². The fourth-order valence-electron chi connectivity index (χ4n) is 1.62. The van der Waals surface area contributed by atoms with Crippen LogP contribution in [0.4, 0.5) is 0 Å². The van der Waals surface area contributed by atoms with Gasteiger partial charge >= 0.3 is 5.97 Å². The van der Waals surface area contributed by atoms with Crippen molar-refractivity contribution in [1.82, 2.24) is 0 Å². The molecule has 0 aliphatic heterocycles. The van der Waals surface area contributed by atoms with E-state index in [0.29, 0.717) is 6.61 Å². The van der Waals surface area contributed by atoms with Gasteiger partial charge in [-0.15, -0.1) is 0 Å². The van der Waals surface area contributed by atoms with Gasteiger partial charge in [0.15, 0.2) is 0 Å². The fraction of sp³-hybridized carbons (Fsp3) is 0.357. The van der Waals surface area contributed by atoms with E-state index in [4.69, 9.17) is 4.74 Å². The molecule has 92 valence electrons. The van der Waals surface area contributed by atoms with Crippen LogP contribution in [0.1, 0.15) is 25.3 Å². The van der Waals surface area contributed by atoms with Crippen LogP contribution >= 0.6 is 0 Å². The number of carbonyl (C=O) groups is 1. The molecule has 0 aromatic heterocycles. The van der Waals surface area contributed by atoms with E-state index >= 15 is 0 Å². The van der Waals surface area contributed by atoms with Crippen molar-refractivity contribution in [2.45, 2.75) is 25.4 Å². The maximum absolute atomic E-state index is 11.3. The second-order valence-corrected chi connectivity index (χ2v) is 3.80. The minimum atomic E-state index is -1.17. The number of carbonyl (C=O) groups excluding carboxylic acids is 1. The van der Waals surface area contributed by atoms with E-state index < -0.39 is 5.60 Å². The monoisotopic (exact) mass is 234 g/mol. The van der Waals surface area contributed by atoms with Gasteiger partial charge in [-0.25, -0.2) is 0 Å². The van der Waals surface area contributed by atoms with Crippen LogP contribution in [0.2, 0.25) is 0 Å². The minimum Gasteiger partial charge on any atom is -0.466 e. The SMILES string of the molecule is C=CC(O)(CCC(=O)OCC)c1ccccc1. The van der Waals surface area contributed by atoms with Gasteiger partial charge in [0.25, 0.3) is 0 Å². The lowest BCUT2D eigenvalue weighted by Gasteiger charge is -2.24. The van der Waals surface area contributed by atoms with Crippen LogP contribution in [0, 0.1) is 0 Å². The zero-order valence-electron chi connectivity index (χ0n) is 10.1. The van der Waals surface area contributed by atoms with Crippen molar-refractivity contribution in [3.8, 4) is 0 Å². The molecule has 0 saturated heterocycles. The van der Waals surface area contributed by atoms with Crippen molar-refractivity contribution in [2.75, 3.05) is 6.61 Å². The third-order valence-electron chi connectivity index (χ3n) is 2.63. The first kappa shape index (κ1) is 13.5. The molecular formula is C14H18O3. The summed E-state index contributed by atoms with van der Waals surface area (Å²) in [6.45, 7) is 5.75. The van der Waals surface area contributed by atoms with Crippen LogP contribution < -0.4 is 0 Å². The molecule has 1 unspecified atom stereocenters. The van der Waals surface area contributed by atoms with E-state index in [0.717, 1.165) is 5.56 Å². The molecule has 0 spiro atoms. The highest BCUT2D eigenvalue weighted by Crippen LogP contribution is 2.27. The maximum atomic E-state index is 11.3. The number of benzene rings is 1. The van der Waals surface area contributed by atoms with Gasteiger partial charge in [0, 0.05) is 6.42 Å². The van der Waals surface area contributed by atoms with E-state index in [1.165, 1.54) is 6.08 Å². The third-order valence-corrected chi connectivity index (χ3v) is 2.63. The van der Waals surface area contributed by atoms with Gasteiger partial charge in [-0.05, 0) is 18.9 Å². The van der Waals surface area contributed by atoms with Gasteiger partial charge in [0.05, 0.1) is 6.61 Å². The highest BCUT2D eigenvalue weighted by molar-refractivity contribution is 5.69. The quantitative estimate of drug-likeness (QED) is 0.607. The number of hydrogen-bond donors (Lipinski definition) is 1. The lowest BCUT2D eigenvalue weighted by molar-refractivity contribution is -0.144. The summed E-state index contributed by atoms with van der Waals surface area (Å²) >= 11 is 0. The van der Waals surface area contributed by atoms with Crippen LogP contribution in [-0.4, -0.2) is 17.7 Å². The highest BCUT2D eigenvalue weighted by atomic mass is 16.5. The number of rotatable bonds is 6. The molecule has 1 atom stereocenters. The molecule has 3 nitrogen and oxygen atoms in total. The van der Waals surface area contributed by atoms with E-state index in [-0.39, 0.29) is 18.8 Å². The Hall–Kier alpha value is -1.61. The summed E-state index contributed by atoms with van der Waals surface area (Å²) < 4.78 is 4.83. The minimum absolute atomic E-state index is 0.172. The largest absolute Gasteiger partial charge is 0.466 e. The maximum Gasteiger partial charge on any atom is 0.305 e. The van der Waals surface area contributed by atoms with Crippen LogP contribution in [0.25, 0.3) is 0 Å². The second-order valence-electron chi connectivity index (χ2n) is 3.80. The van der Waals surface area contributed by atoms with Crippen LogP contribution in [0.15, 0.2) is 43.0 Å². The molecule has 1 aromatic rings. The highest BCUT2D eigenvalue weighted by Gasteiger charge is 2.26. The van der Waals surface area contributed by atoms with Gasteiger partial charge in [0.2, 0.25) is 0 Å². The lowest BCUT2D eigenvalue weighted by Crippen LogP contribution is -2.24. The number of ether oxygens (including phenoxy) is 1. The lowest BCUT2D eigenvalue weighted by atomic mass is 9.89. The number of esters is 1. The van der Waals surface area contributed by atoms with Gasteiger partial charge in [-0.2, -0.15) is 0 Å². The molecule has 0 aliphatic rings. The molecular weight excluding hydrogens is 216 g/mol. The van der Waals surface area contributed by atoms with E-state index in [9.17, 15) is 9.90 Å². The van der Waals surface area contributed by atoms with Gasteiger partial charge in [0.1, 0.15) is 5.60 Å². The molecule has 0 heterocycles. The Kier molecular flexibility index (Phi) is 4.91. The summed E-state index contributed by atoms with van der Waals surface area (Å²) in [5.74, 6) is -0.302. The van der Waals surface area contributed by atoms with E-state index in [2.05, 4.69) is 6.58 Å². The molecule has 1 aromatic carbocycles. The first-order valence-electron chi connectivity index (χ1n) is 5.69. The molecule has 0 amide bonds. The van der Waals surface area contributed by atoms with Crippen molar-refractivity contribution in [3.05, 3.63) is 48.6 Å². The first-order chi connectivity index (χ1) is 8.12. The summed E-state index contributed by atoms with van der Waals surface area (Å²) in [7, 11) is 0. The Bertz CT molecular complexity index is 372.